The fourth-order valence-corrected chi connectivity index (χ4v) is 17.0. The lowest BCUT2D eigenvalue weighted by atomic mass is 9.33. The minimum Gasteiger partial charge on any atom is -0.342 e. The molecule has 0 aliphatic carbocycles. The van der Waals surface area contributed by atoms with E-state index in [1.807, 2.05) is 0 Å². The Bertz CT molecular complexity index is 5430. The summed E-state index contributed by atoms with van der Waals surface area (Å²) in [6.07, 6.45) is 2.54. The molecule has 0 amide bonds. The van der Waals surface area contributed by atoms with Crippen molar-refractivity contribution in [2.45, 2.75) is 92.4 Å². The summed E-state index contributed by atoms with van der Waals surface area (Å²) < 4.78 is 0. The predicted molar refractivity (Wildman–Crippen MR) is 433 cm³/mol. The lowest BCUT2D eigenvalue weighted by molar-refractivity contribution is 0.411. The third kappa shape index (κ3) is 11.2. The molecule has 15 aromatic carbocycles. The summed E-state index contributed by atoms with van der Waals surface area (Å²) >= 11 is 0. The number of benzene rings is 15. The number of hydrogen-bond donors (Lipinski definition) is 0. The van der Waals surface area contributed by atoms with Gasteiger partial charge in [0, 0.05) is 35.8 Å². The molecular formula is C97H85BN2. The van der Waals surface area contributed by atoms with Gasteiger partial charge < -0.3 is 9.80 Å². The molecular weight excluding hydrogens is 1200 g/mol. The van der Waals surface area contributed by atoms with E-state index in [-0.39, 0.29) is 23.0 Å². The quantitative estimate of drug-likeness (QED) is 0.0645. The Balaban J connectivity index is 0.922. The van der Waals surface area contributed by atoms with Crippen molar-refractivity contribution >= 4 is 88.9 Å². The summed E-state index contributed by atoms with van der Waals surface area (Å²) in [7, 11) is 0. The van der Waals surface area contributed by atoms with Gasteiger partial charge in [0.1, 0.15) is 0 Å². The van der Waals surface area contributed by atoms with Gasteiger partial charge in [-0.15, -0.1) is 0 Å². The Hall–Kier alpha value is -10.7. The standard InChI is InChI=1S/C97H85BN2/c1-95(2,3)62-63-54-90-94-91(55-63)100(53-51-76-84(67-34-21-13-22-35-67)60-73(97(7,8)9)61-85(76)68-36-23-14-24-37-68)89-49-45-71(74-46-47-81-79-41-26-39-69-38-25-40-78(92(69)79)80-43-27-42-77(74)93(80)81)57-87(89)98(94)86-56-70(64-28-15-10-16-29-64)44-48-88(86)99(90)52-50-75-82(65-30-17-11-18-31-65)58-72(96(4,5)6)59-83(75)66-32-19-12-20-33-66/h10-49,54-61H,50-53,62H2,1-9H3. The van der Waals surface area contributed by atoms with E-state index in [1.54, 1.807) is 0 Å². The molecule has 0 N–H and O–H groups in total. The Morgan fingerprint density at radius 2 is 0.670 bits per heavy atom. The van der Waals surface area contributed by atoms with Gasteiger partial charge in [0.2, 0.25) is 0 Å². The molecule has 2 aliphatic heterocycles. The summed E-state index contributed by atoms with van der Waals surface area (Å²) in [5.74, 6) is 0. The highest BCUT2D eigenvalue weighted by Crippen LogP contribution is 2.48. The van der Waals surface area contributed by atoms with E-state index in [4.69, 9.17) is 0 Å². The Morgan fingerprint density at radius 3 is 1.10 bits per heavy atom. The first-order chi connectivity index (χ1) is 48.5. The highest BCUT2D eigenvalue weighted by molar-refractivity contribution is 7.00. The number of anilines is 4. The minimum absolute atomic E-state index is 0.00977. The normalized spacial score (nSPS) is 13.0. The lowest BCUT2D eigenvalue weighted by Crippen LogP contribution is -2.62. The van der Waals surface area contributed by atoms with Crippen molar-refractivity contribution in [1.82, 2.24) is 0 Å². The molecule has 15 aromatic rings. The smallest absolute Gasteiger partial charge is 0.252 e. The summed E-state index contributed by atoms with van der Waals surface area (Å²) in [4.78, 5) is 5.53. The molecule has 0 saturated heterocycles. The maximum atomic E-state index is 2.77. The van der Waals surface area contributed by atoms with Gasteiger partial charge in [0.25, 0.3) is 6.71 Å². The van der Waals surface area contributed by atoms with E-state index < -0.39 is 0 Å². The first kappa shape index (κ1) is 62.8. The first-order valence-corrected chi connectivity index (χ1v) is 36.2. The number of rotatable bonds is 13. The zero-order valence-electron chi connectivity index (χ0n) is 59.2. The van der Waals surface area contributed by atoms with Crippen molar-refractivity contribution in [1.29, 1.82) is 0 Å². The first-order valence-electron chi connectivity index (χ1n) is 36.2. The molecule has 0 bridgehead atoms. The summed E-state index contributed by atoms with van der Waals surface area (Å²) in [5, 5.41) is 10.5. The average Bonchev–Trinajstić information content (AvgIpc) is 0.713. The molecule has 17 rings (SSSR count). The molecule has 2 heterocycles. The van der Waals surface area contributed by atoms with Gasteiger partial charge in [0.15, 0.2) is 0 Å². The van der Waals surface area contributed by atoms with Crippen LogP contribution in [-0.4, -0.2) is 19.8 Å². The summed E-state index contributed by atoms with van der Waals surface area (Å²) in [6.45, 7) is 22.8. The zero-order valence-corrected chi connectivity index (χ0v) is 59.2. The maximum absolute atomic E-state index is 2.77. The molecule has 0 aromatic heterocycles. The average molecular weight is 1290 g/mol. The second kappa shape index (κ2) is 24.6. The number of hydrogen-bond acceptors (Lipinski definition) is 2. The molecule has 3 heteroatoms. The van der Waals surface area contributed by atoms with E-state index in [0.29, 0.717) is 0 Å². The van der Waals surface area contributed by atoms with E-state index in [2.05, 4.69) is 363 Å². The number of fused-ring (bicyclic) bond motifs is 6. The monoisotopic (exact) mass is 1290 g/mol. The van der Waals surface area contributed by atoms with Gasteiger partial charge >= 0.3 is 0 Å². The fraction of sp³-hybridized carbons (Fsp3) is 0.175. The lowest BCUT2D eigenvalue weighted by Gasteiger charge is -2.45. The van der Waals surface area contributed by atoms with Crippen molar-refractivity contribution in [3.05, 3.63) is 319 Å². The van der Waals surface area contributed by atoms with Gasteiger partial charge in [0.05, 0.1) is 0 Å². The van der Waals surface area contributed by atoms with Crippen molar-refractivity contribution < 1.29 is 0 Å². The van der Waals surface area contributed by atoms with Gasteiger partial charge in [-0.1, -0.05) is 329 Å². The van der Waals surface area contributed by atoms with E-state index in [0.717, 1.165) is 32.4 Å². The van der Waals surface area contributed by atoms with Crippen LogP contribution in [0.25, 0.3) is 110 Å². The van der Waals surface area contributed by atoms with Crippen LogP contribution in [0, 0.1) is 5.41 Å². The molecule has 2 nitrogen and oxygen atoms in total. The minimum atomic E-state index is -0.101. The molecule has 0 fully saturated rings. The molecule has 0 atom stereocenters. The third-order valence-electron chi connectivity index (χ3n) is 21.7. The maximum Gasteiger partial charge on any atom is 0.252 e. The van der Waals surface area contributed by atoms with Crippen LogP contribution in [0.4, 0.5) is 22.7 Å². The third-order valence-corrected chi connectivity index (χ3v) is 21.7. The van der Waals surface area contributed by atoms with E-state index in [1.165, 1.54) is 177 Å². The van der Waals surface area contributed by atoms with E-state index in [9.17, 15) is 0 Å². The van der Waals surface area contributed by atoms with Crippen LogP contribution < -0.4 is 26.2 Å². The highest BCUT2D eigenvalue weighted by atomic mass is 15.2. The molecule has 2 aliphatic rings. The van der Waals surface area contributed by atoms with Crippen LogP contribution in [0.2, 0.25) is 0 Å². The molecule has 486 valence electrons. The SMILES string of the molecule is CC(C)(C)Cc1cc2c3c(c1)N(CCc1c(-c4ccccc4)cc(C(C)(C)C)cc1-c1ccccc1)c1ccc(-c4ccc5c6cccc7cccc(c8cccc4c85)c76)cc1B3c1cc(-c3ccccc3)ccc1N2CCc1c(-c2ccccc2)cc(C(C)(C)C)cc1-c1ccccc1. The molecule has 0 radical (unpaired) electrons. The van der Waals surface area contributed by atoms with Crippen molar-refractivity contribution in [2.24, 2.45) is 5.41 Å². The van der Waals surface area contributed by atoms with Gasteiger partial charge in [-0.25, -0.2) is 0 Å². The van der Waals surface area contributed by atoms with Crippen LogP contribution >= 0.6 is 0 Å². The highest BCUT2D eigenvalue weighted by Gasteiger charge is 2.44. The van der Waals surface area contributed by atoms with Gasteiger partial charge in [-0.05, 0) is 214 Å². The second-order valence-corrected chi connectivity index (χ2v) is 31.6. The molecule has 100 heavy (non-hydrogen) atoms. The van der Waals surface area contributed by atoms with Crippen LogP contribution in [0.3, 0.4) is 0 Å². The van der Waals surface area contributed by atoms with Crippen molar-refractivity contribution in [3.8, 4) is 66.8 Å². The van der Waals surface area contributed by atoms with Gasteiger partial charge in [-0.2, -0.15) is 0 Å². The van der Waals surface area contributed by atoms with Crippen LogP contribution in [0.5, 0.6) is 0 Å². The Morgan fingerprint density at radius 1 is 0.290 bits per heavy atom. The van der Waals surface area contributed by atoms with Crippen LogP contribution in [0.15, 0.2) is 291 Å². The topological polar surface area (TPSA) is 6.48 Å². The van der Waals surface area contributed by atoms with Crippen LogP contribution in [0.1, 0.15) is 90.1 Å². The number of nitrogens with zero attached hydrogens (tertiary/aromatic N) is 2. The van der Waals surface area contributed by atoms with Gasteiger partial charge in [-0.3, -0.25) is 0 Å². The fourth-order valence-electron chi connectivity index (χ4n) is 17.0. The molecule has 0 unspecified atom stereocenters. The Labute approximate surface area is 591 Å². The molecule has 0 spiro atoms. The van der Waals surface area contributed by atoms with Crippen LogP contribution in [-0.2, 0) is 30.1 Å². The van der Waals surface area contributed by atoms with Crippen molar-refractivity contribution in [2.75, 3.05) is 22.9 Å². The predicted octanol–water partition coefficient (Wildman–Crippen LogP) is 23.8. The Kier molecular flexibility index (Phi) is 15.4. The summed E-state index contributed by atoms with van der Waals surface area (Å²) in [6, 6.07) is 112. The summed E-state index contributed by atoms with van der Waals surface area (Å²) in [5.41, 5.74) is 30.9. The second-order valence-electron chi connectivity index (χ2n) is 31.6. The van der Waals surface area contributed by atoms with E-state index >= 15 is 0 Å². The largest absolute Gasteiger partial charge is 0.342 e. The molecule has 0 saturated carbocycles. The zero-order chi connectivity index (χ0) is 68.2. The van der Waals surface area contributed by atoms with Crippen molar-refractivity contribution in [3.63, 3.8) is 0 Å².